The first-order valence-electron chi connectivity index (χ1n) is 7.11. The van der Waals surface area contributed by atoms with E-state index in [1.165, 1.54) is 32.4 Å². The van der Waals surface area contributed by atoms with Crippen molar-refractivity contribution >= 4 is 15.8 Å². The summed E-state index contributed by atoms with van der Waals surface area (Å²) >= 11 is 0. The van der Waals surface area contributed by atoms with Crippen LogP contribution in [0.3, 0.4) is 0 Å². The molecule has 0 saturated heterocycles. The maximum absolute atomic E-state index is 12.6. The molecule has 0 amide bonds. The molecule has 2 aromatic rings. The third-order valence-corrected chi connectivity index (χ3v) is 4.91. The molecule has 0 radical (unpaired) electrons. The Hall–Kier alpha value is -2.35. The molecule has 1 saturated carbocycles. The molecule has 1 fully saturated rings. The van der Waals surface area contributed by atoms with E-state index < -0.39 is 10.0 Å². The van der Waals surface area contributed by atoms with Gasteiger partial charge in [0.05, 0.1) is 14.2 Å². The Morgan fingerprint density at radius 1 is 1.17 bits per heavy atom. The van der Waals surface area contributed by atoms with Crippen LogP contribution < -0.4 is 14.2 Å². The van der Waals surface area contributed by atoms with Crippen LogP contribution in [-0.2, 0) is 10.0 Å². The summed E-state index contributed by atoms with van der Waals surface area (Å²) in [5.74, 6) is 1.98. The number of benzene rings is 1. The van der Waals surface area contributed by atoms with Crippen molar-refractivity contribution in [1.29, 1.82) is 0 Å². The summed E-state index contributed by atoms with van der Waals surface area (Å²) < 4.78 is 37.9. The van der Waals surface area contributed by atoms with E-state index in [2.05, 4.69) is 14.7 Å². The maximum Gasteiger partial charge on any atom is 0.266 e. The molecule has 0 spiro atoms. The van der Waals surface area contributed by atoms with Crippen LogP contribution in [-0.4, -0.2) is 32.6 Å². The topological polar surface area (TPSA) is 90.4 Å². The maximum atomic E-state index is 12.6. The highest BCUT2D eigenvalue weighted by Crippen LogP contribution is 2.38. The molecule has 1 aliphatic rings. The summed E-state index contributed by atoms with van der Waals surface area (Å²) in [6.07, 6.45) is 3.65. The van der Waals surface area contributed by atoms with Crippen molar-refractivity contribution in [3.63, 3.8) is 0 Å². The van der Waals surface area contributed by atoms with Gasteiger partial charge in [0.2, 0.25) is 0 Å². The van der Waals surface area contributed by atoms with E-state index in [1.54, 1.807) is 12.3 Å². The third-order valence-electron chi connectivity index (χ3n) is 3.52. The van der Waals surface area contributed by atoms with Crippen LogP contribution in [0.2, 0.25) is 0 Å². The number of nitrogens with zero attached hydrogens (tertiary/aromatic N) is 2. The first kappa shape index (κ1) is 15.5. The number of hydrogen-bond acceptors (Lipinski definition) is 6. The van der Waals surface area contributed by atoms with Crippen LogP contribution in [0.4, 0.5) is 5.82 Å². The predicted octanol–water partition coefficient (Wildman–Crippen LogP) is 2.17. The Morgan fingerprint density at radius 3 is 2.61 bits per heavy atom. The molecule has 8 heteroatoms. The van der Waals surface area contributed by atoms with E-state index in [4.69, 9.17) is 9.47 Å². The molecule has 0 bridgehead atoms. The lowest BCUT2D eigenvalue weighted by Gasteiger charge is -2.12. The monoisotopic (exact) mass is 335 g/mol. The Balaban J connectivity index is 1.91. The Labute approximate surface area is 134 Å². The molecule has 7 nitrogen and oxygen atoms in total. The minimum absolute atomic E-state index is 0.0207. The van der Waals surface area contributed by atoms with Gasteiger partial charge in [-0.15, -0.1) is 0 Å². The van der Waals surface area contributed by atoms with Crippen molar-refractivity contribution in [2.24, 2.45) is 0 Å². The van der Waals surface area contributed by atoms with Crippen LogP contribution >= 0.6 is 0 Å². The number of nitrogens with one attached hydrogen (secondary N) is 1. The number of aromatic nitrogens is 2. The van der Waals surface area contributed by atoms with Gasteiger partial charge < -0.3 is 9.47 Å². The highest BCUT2D eigenvalue weighted by molar-refractivity contribution is 7.92. The first-order chi connectivity index (χ1) is 11.0. The zero-order chi connectivity index (χ0) is 16.4. The summed E-state index contributed by atoms with van der Waals surface area (Å²) in [6, 6.07) is 6.04. The SMILES string of the molecule is COc1ccc(S(=O)(=O)Nc2ccnc(C3CC3)n2)c(OC)c1. The zero-order valence-electron chi connectivity index (χ0n) is 12.8. The summed E-state index contributed by atoms with van der Waals surface area (Å²) in [5.41, 5.74) is 0. The van der Waals surface area contributed by atoms with Crippen molar-refractivity contribution in [1.82, 2.24) is 9.97 Å². The van der Waals surface area contributed by atoms with E-state index in [9.17, 15) is 8.42 Å². The highest BCUT2D eigenvalue weighted by atomic mass is 32.2. The molecule has 1 N–H and O–H groups in total. The number of rotatable bonds is 6. The van der Waals surface area contributed by atoms with Gasteiger partial charge >= 0.3 is 0 Å². The normalized spacial score (nSPS) is 14.3. The average Bonchev–Trinajstić information content (AvgIpc) is 3.39. The van der Waals surface area contributed by atoms with Crippen LogP contribution in [0.5, 0.6) is 11.5 Å². The highest BCUT2D eigenvalue weighted by Gasteiger charge is 2.27. The van der Waals surface area contributed by atoms with E-state index in [-0.39, 0.29) is 16.5 Å². The molecule has 0 atom stereocenters. The second-order valence-electron chi connectivity index (χ2n) is 5.20. The van der Waals surface area contributed by atoms with Crippen LogP contribution in [0.15, 0.2) is 35.4 Å². The second-order valence-corrected chi connectivity index (χ2v) is 6.85. The molecular weight excluding hydrogens is 318 g/mol. The molecule has 1 heterocycles. The van der Waals surface area contributed by atoms with Crippen LogP contribution in [0, 0.1) is 0 Å². The van der Waals surface area contributed by atoms with E-state index in [0.717, 1.165) is 12.8 Å². The summed E-state index contributed by atoms with van der Waals surface area (Å²) in [5, 5.41) is 0. The van der Waals surface area contributed by atoms with Crippen LogP contribution in [0.25, 0.3) is 0 Å². The zero-order valence-corrected chi connectivity index (χ0v) is 13.6. The van der Waals surface area contributed by atoms with Crippen molar-refractivity contribution in [3.8, 4) is 11.5 Å². The molecule has 0 unspecified atom stereocenters. The van der Waals surface area contributed by atoms with Gasteiger partial charge in [-0.1, -0.05) is 0 Å². The molecule has 23 heavy (non-hydrogen) atoms. The molecule has 122 valence electrons. The van der Waals surface area contributed by atoms with Gasteiger partial charge in [0.1, 0.15) is 28.0 Å². The number of anilines is 1. The molecule has 1 aromatic carbocycles. The summed E-state index contributed by atoms with van der Waals surface area (Å²) in [7, 11) is -0.916. The lowest BCUT2D eigenvalue weighted by Crippen LogP contribution is -2.15. The van der Waals surface area contributed by atoms with Crippen molar-refractivity contribution in [3.05, 3.63) is 36.3 Å². The Morgan fingerprint density at radius 2 is 1.96 bits per heavy atom. The van der Waals surface area contributed by atoms with Crippen LogP contribution in [0.1, 0.15) is 24.6 Å². The quantitative estimate of drug-likeness (QED) is 0.870. The fourth-order valence-corrected chi connectivity index (χ4v) is 3.31. The summed E-state index contributed by atoms with van der Waals surface area (Å²) in [6.45, 7) is 0. The first-order valence-corrected chi connectivity index (χ1v) is 8.59. The number of methoxy groups -OCH3 is 2. The van der Waals surface area contributed by atoms with E-state index in [0.29, 0.717) is 17.5 Å². The van der Waals surface area contributed by atoms with Crippen molar-refractivity contribution < 1.29 is 17.9 Å². The average molecular weight is 335 g/mol. The largest absolute Gasteiger partial charge is 0.497 e. The molecule has 1 aromatic heterocycles. The fourth-order valence-electron chi connectivity index (χ4n) is 2.16. The van der Waals surface area contributed by atoms with Gasteiger partial charge in [-0.2, -0.15) is 0 Å². The van der Waals surface area contributed by atoms with Crippen molar-refractivity contribution in [2.75, 3.05) is 18.9 Å². The Bertz CT molecular complexity index is 819. The third kappa shape index (κ3) is 3.37. The minimum Gasteiger partial charge on any atom is -0.497 e. The van der Waals surface area contributed by atoms with E-state index >= 15 is 0 Å². The van der Waals surface area contributed by atoms with Gasteiger partial charge in [-0.05, 0) is 31.0 Å². The Kier molecular flexibility index (Phi) is 4.08. The number of ether oxygens (including phenoxy) is 2. The fraction of sp³-hybridized carbons (Fsp3) is 0.333. The molecular formula is C15H17N3O4S. The lowest BCUT2D eigenvalue weighted by atomic mass is 10.3. The van der Waals surface area contributed by atoms with Gasteiger partial charge in [0.15, 0.2) is 0 Å². The van der Waals surface area contributed by atoms with E-state index in [1.807, 2.05) is 0 Å². The molecule has 1 aliphatic carbocycles. The van der Waals surface area contributed by atoms with Gasteiger partial charge in [-0.3, -0.25) is 4.72 Å². The molecule has 3 rings (SSSR count). The molecule has 0 aliphatic heterocycles. The predicted molar refractivity (Wildman–Crippen MR) is 84.4 cm³/mol. The number of sulfonamides is 1. The minimum atomic E-state index is -3.82. The second kappa shape index (κ2) is 6.04. The van der Waals surface area contributed by atoms with Gasteiger partial charge in [-0.25, -0.2) is 18.4 Å². The van der Waals surface area contributed by atoms with Gasteiger partial charge in [0.25, 0.3) is 10.0 Å². The number of hydrogen-bond donors (Lipinski definition) is 1. The standard InChI is InChI=1S/C15H17N3O4S/c1-21-11-5-6-13(12(9-11)22-2)23(19,20)18-14-7-8-16-15(17-14)10-3-4-10/h5-10H,3-4H2,1-2H3,(H,16,17,18). The smallest absolute Gasteiger partial charge is 0.266 e. The summed E-state index contributed by atoms with van der Waals surface area (Å²) in [4.78, 5) is 8.46. The lowest BCUT2D eigenvalue weighted by molar-refractivity contribution is 0.386. The van der Waals surface area contributed by atoms with Gasteiger partial charge in [0, 0.05) is 18.2 Å². The van der Waals surface area contributed by atoms with Crippen molar-refractivity contribution in [2.45, 2.75) is 23.7 Å².